The fourth-order valence-corrected chi connectivity index (χ4v) is 2.04. The third-order valence-corrected chi connectivity index (χ3v) is 3.21. The van der Waals surface area contributed by atoms with Crippen molar-refractivity contribution in [2.75, 3.05) is 31.6 Å². The van der Waals surface area contributed by atoms with Crippen LogP contribution in [-0.2, 0) is 4.79 Å². The normalized spacial score (nSPS) is 14.8. The van der Waals surface area contributed by atoms with Crippen molar-refractivity contribution in [3.8, 4) is 0 Å². The Morgan fingerprint density at radius 3 is 2.84 bits per heavy atom. The van der Waals surface area contributed by atoms with Crippen molar-refractivity contribution in [2.24, 2.45) is 0 Å². The average Bonchev–Trinajstić information content (AvgIpc) is 2.81. The van der Waals surface area contributed by atoms with Gasteiger partial charge in [0.15, 0.2) is 0 Å². The van der Waals surface area contributed by atoms with Crippen LogP contribution < -0.4 is 4.90 Å². The lowest BCUT2D eigenvalue weighted by Crippen LogP contribution is -2.34. The molecule has 2 rings (SSSR count). The zero-order chi connectivity index (χ0) is 13.8. The number of nitro groups is 1. The molecular formula is C12H16N4O3. The van der Waals surface area contributed by atoms with Crippen molar-refractivity contribution < 1.29 is 9.72 Å². The molecule has 0 radical (unpaired) electrons. The number of anilines is 1. The Morgan fingerprint density at radius 2 is 2.32 bits per heavy atom. The molecule has 1 fully saturated rings. The summed E-state index contributed by atoms with van der Waals surface area (Å²) in [5, 5.41) is 10.5. The van der Waals surface area contributed by atoms with Crippen molar-refractivity contribution in [3.63, 3.8) is 0 Å². The maximum atomic E-state index is 11.5. The van der Waals surface area contributed by atoms with Gasteiger partial charge in [-0.15, -0.1) is 0 Å². The second-order valence-corrected chi connectivity index (χ2v) is 4.54. The number of hydrogen-bond donors (Lipinski definition) is 0. The van der Waals surface area contributed by atoms with E-state index in [1.54, 1.807) is 6.07 Å². The van der Waals surface area contributed by atoms with Gasteiger partial charge in [0.25, 0.3) is 5.69 Å². The van der Waals surface area contributed by atoms with Crippen LogP contribution in [0.2, 0.25) is 0 Å². The van der Waals surface area contributed by atoms with E-state index < -0.39 is 4.92 Å². The maximum Gasteiger partial charge on any atom is 0.287 e. The van der Waals surface area contributed by atoms with E-state index in [-0.39, 0.29) is 11.6 Å². The predicted octanol–water partition coefficient (Wildman–Crippen LogP) is 1.05. The van der Waals surface area contributed by atoms with Crippen LogP contribution in [0.3, 0.4) is 0 Å². The first-order valence-corrected chi connectivity index (χ1v) is 6.17. The molecular weight excluding hydrogens is 248 g/mol. The highest BCUT2D eigenvalue weighted by atomic mass is 16.6. The molecule has 7 heteroatoms. The molecule has 0 bridgehead atoms. The Labute approximate surface area is 111 Å². The fourth-order valence-electron chi connectivity index (χ4n) is 2.04. The van der Waals surface area contributed by atoms with Crippen molar-refractivity contribution in [2.45, 2.75) is 12.8 Å². The van der Waals surface area contributed by atoms with E-state index in [1.165, 1.54) is 12.3 Å². The largest absolute Gasteiger partial charge is 0.358 e. The Morgan fingerprint density at radius 1 is 1.53 bits per heavy atom. The number of rotatable bonds is 5. The lowest BCUT2D eigenvalue weighted by atomic mass is 10.4. The lowest BCUT2D eigenvalue weighted by molar-refractivity contribution is -0.385. The van der Waals surface area contributed by atoms with E-state index in [1.807, 2.05) is 16.8 Å². The number of carbonyl (C=O) groups is 1. The van der Waals surface area contributed by atoms with Gasteiger partial charge in [0.1, 0.15) is 12.0 Å². The smallest absolute Gasteiger partial charge is 0.287 e. The van der Waals surface area contributed by atoms with Gasteiger partial charge in [0, 0.05) is 39.2 Å². The van der Waals surface area contributed by atoms with Crippen molar-refractivity contribution in [1.29, 1.82) is 0 Å². The molecule has 102 valence electrons. The molecule has 0 aromatic carbocycles. The maximum absolute atomic E-state index is 11.5. The molecule has 7 nitrogen and oxygen atoms in total. The number of likely N-dealkylation sites (tertiary alicyclic amines) is 1. The van der Waals surface area contributed by atoms with E-state index in [0.717, 1.165) is 13.0 Å². The van der Waals surface area contributed by atoms with Gasteiger partial charge in [-0.25, -0.2) is 4.98 Å². The van der Waals surface area contributed by atoms with Crippen LogP contribution in [0.25, 0.3) is 0 Å². The van der Waals surface area contributed by atoms with Gasteiger partial charge in [-0.2, -0.15) is 0 Å². The topological polar surface area (TPSA) is 79.6 Å². The highest BCUT2D eigenvalue weighted by Gasteiger charge is 2.20. The Kier molecular flexibility index (Phi) is 3.94. The molecule has 1 saturated heterocycles. The van der Waals surface area contributed by atoms with Crippen LogP contribution >= 0.6 is 0 Å². The summed E-state index contributed by atoms with van der Waals surface area (Å²) in [6.07, 6.45) is 2.81. The van der Waals surface area contributed by atoms with E-state index in [4.69, 9.17) is 0 Å². The second-order valence-electron chi connectivity index (χ2n) is 4.54. The summed E-state index contributed by atoms with van der Waals surface area (Å²) in [5.41, 5.74) is -0.0214. The van der Waals surface area contributed by atoms with Gasteiger partial charge in [0.05, 0.1) is 4.92 Å². The summed E-state index contributed by atoms with van der Waals surface area (Å²) < 4.78 is 0. The van der Waals surface area contributed by atoms with E-state index in [9.17, 15) is 14.9 Å². The molecule has 0 unspecified atom stereocenters. The van der Waals surface area contributed by atoms with Crippen LogP contribution in [0.4, 0.5) is 11.5 Å². The van der Waals surface area contributed by atoms with Crippen molar-refractivity contribution >= 4 is 17.4 Å². The van der Waals surface area contributed by atoms with E-state index in [2.05, 4.69) is 4.98 Å². The fraction of sp³-hybridized carbons (Fsp3) is 0.500. The van der Waals surface area contributed by atoms with Gasteiger partial charge in [0.2, 0.25) is 5.91 Å². The summed E-state index contributed by atoms with van der Waals surface area (Å²) in [5.74, 6) is 0.863. The number of amides is 1. The van der Waals surface area contributed by atoms with Crippen LogP contribution in [0.5, 0.6) is 0 Å². The molecule has 1 aromatic rings. The molecule has 1 aliphatic rings. The molecule has 1 amide bonds. The molecule has 1 aromatic heterocycles. The molecule has 0 spiro atoms. The molecule has 0 saturated carbocycles. The number of nitrogens with zero attached hydrogens (tertiary/aromatic N) is 4. The summed E-state index contributed by atoms with van der Waals surface area (Å²) in [7, 11) is 1.86. The number of likely N-dealkylation sites (N-methyl/N-ethyl adjacent to an activating group) is 1. The zero-order valence-corrected chi connectivity index (χ0v) is 10.8. The summed E-state index contributed by atoms with van der Waals surface area (Å²) in [6.45, 7) is 2.14. The van der Waals surface area contributed by atoms with E-state index in [0.29, 0.717) is 25.3 Å². The number of hydrogen-bond acceptors (Lipinski definition) is 5. The SMILES string of the molecule is CN(CCN1CCCC1=O)c1ccc([N+](=O)[O-])cn1. The zero-order valence-electron chi connectivity index (χ0n) is 10.8. The summed E-state index contributed by atoms with van der Waals surface area (Å²) in [6, 6.07) is 3.05. The van der Waals surface area contributed by atoms with Gasteiger partial charge >= 0.3 is 0 Å². The van der Waals surface area contributed by atoms with Crippen LogP contribution in [-0.4, -0.2) is 47.4 Å². The van der Waals surface area contributed by atoms with Crippen molar-refractivity contribution in [3.05, 3.63) is 28.4 Å². The Balaban J connectivity index is 1.90. The summed E-state index contributed by atoms with van der Waals surface area (Å²) in [4.78, 5) is 29.3. The third kappa shape index (κ3) is 3.18. The molecule has 2 heterocycles. The molecule has 0 N–H and O–H groups in total. The van der Waals surface area contributed by atoms with Gasteiger partial charge in [-0.3, -0.25) is 14.9 Å². The minimum Gasteiger partial charge on any atom is -0.358 e. The number of carbonyl (C=O) groups excluding carboxylic acids is 1. The minimum atomic E-state index is -0.473. The first-order valence-electron chi connectivity index (χ1n) is 6.17. The lowest BCUT2D eigenvalue weighted by Gasteiger charge is -2.22. The standard InChI is InChI=1S/C12H16N4O3/c1-14(7-8-15-6-2-3-12(15)17)11-5-4-10(9-13-11)16(18)19/h4-5,9H,2-3,6-8H2,1H3. The second kappa shape index (κ2) is 5.64. The molecule has 0 aliphatic carbocycles. The Bertz CT molecular complexity index is 474. The summed E-state index contributed by atoms with van der Waals surface area (Å²) >= 11 is 0. The first-order chi connectivity index (χ1) is 9.08. The number of aromatic nitrogens is 1. The average molecular weight is 264 g/mol. The third-order valence-electron chi connectivity index (χ3n) is 3.21. The quantitative estimate of drug-likeness (QED) is 0.586. The minimum absolute atomic E-state index is 0.0214. The molecule has 19 heavy (non-hydrogen) atoms. The first kappa shape index (κ1) is 13.3. The van der Waals surface area contributed by atoms with Crippen LogP contribution in [0.15, 0.2) is 18.3 Å². The predicted molar refractivity (Wildman–Crippen MR) is 70.0 cm³/mol. The molecule has 1 aliphatic heterocycles. The Hall–Kier alpha value is -2.18. The van der Waals surface area contributed by atoms with E-state index >= 15 is 0 Å². The number of pyridine rings is 1. The highest BCUT2D eigenvalue weighted by Crippen LogP contribution is 2.15. The van der Waals surface area contributed by atoms with Crippen LogP contribution in [0, 0.1) is 10.1 Å². The van der Waals surface area contributed by atoms with Gasteiger partial charge in [-0.05, 0) is 12.5 Å². The molecule has 0 atom stereocenters. The van der Waals surface area contributed by atoms with Crippen molar-refractivity contribution in [1.82, 2.24) is 9.88 Å². The van der Waals surface area contributed by atoms with Gasteiger partial charge in [-0.1, -0.05) is 0 Å². The van der Waals surface area contributed by atoms with Crippen LogP contribution in [0.1, 0.15) is 12.8 Å². The highest BCUT2D eigenvalue weighted by molar-refractivity contribution is 5.78. The monoisotopic (exact) mass is 264 g/mol. The van der Waals surface area contributed by atoms with Gasteiger partial charge < -0.3 is 9.80 Å².